The molecule has 2 aliphatic rings. The Morgan fingerprint density at radius 3 is 2.67 bits per heavy atom. The van der Waals surface area contributed by atoms with Crippen LogP contribution in [0.3, 0.4) is 0 Å². The SMILES string of the molecule is CC(c1cccnc1)N1CCN(CC2CCNCC2)CC1. The standard InChI is InChI=1S/C17H28N4/c1-15(17-3-2-6-19-13-17)21-11-9-20(10-12-21)14-16-4-7-18-8-5-16/h2-3,6,13,15-16,18H,4-5,7-12,14H2,1H3. The van der Waals surface area contributed by atoms with E-state index in [2.05, 4.69) is 33.1 Å². The van der Waals surface area contributed by atoms with Gasteiger partial charge in [0.25, 0.3) is 0 Å². The van der Waals surface area contributed by atoms with Gasteiger partial charge in [0.2, 0.25) is 0 Å². The van der Waals surface area contributed by atoms with Crippen molar-refractivity contribution in [2.24, 2.45) is 5.92 Å². The summed E-state index contributed by atoms with van der Waals surface area (Å²) in [6, 6.07) is 4.72. The highest BCUT2D eigenvalue weighted by Gasteiger charge is 2.24. The lowest BCUT2D eigenvalue weighted by Crippen LogP contribution is -2.49. The maximum Gasteiger partial charge on any atom is 0.0336 e. The first-order valence-corrected chi connectivity index (χ1v) is 8.40. The topological polar surface area (TPSA) is 31.4 Å². The highest BCUT2D eigenvalue weighted by atomic mass is 15.3. The third-order valence-corrected chi connectivity index (χ3v) is 5.10. The van der Waals surface area contributed by atoms with E-state index in [1.807, 2.05) is 18.5 Å². The van der Waals surface area contributed by atoms with E-state index < -0.39 is 0 Å². The summed E-state index contributed by atoms with van der Waals surface area (Å²) in [6.45, 7) is 10.8. The Balaban J connectivity index is 1.46. The average molecular weight is 288 g/mol. The fraction of sp³-hybridized carbons (Fsp3) is 0.706. The highest BCUT2D eigenvalue weighted by molar-refractivity contribution is 5.13. The van der Waals surface area contributed by atoms with E-state index in [1.165, 1.54) is 64.2 Å². The molecule has 2 aliphatic heterocycles. The van der Waals surface area contributed by atoms with Gasteiger partial charge in [0.1, 0.15) is 0 Å². The summed E-state index contributed by atoms with van der Waals surface area (Å²) in [7, 11) is 0. The molecule has 2 saturated heterocycles. The van der Waals surface area contributed by atoms with Gasteiger partial charge in [-0.15, -0.1) is 0 Å². The highest BCUT2D eigenvalue weighted by Crippen LogP contribution is 2.21. The Labute approximate surface area is 128 Å². The van der Waals surface area contributed by atoms with Crippen molar-refractivity contribution >= 4 is 0 Å². The van der Waals surface area contributed by atoms with Crippen molar-refractivity contribution < 1.29 is 0 Å². The number of nitrogens with one attached hydrogen (secondary N) is 1. The molecule has 2 fully saturated rings. The van der Waals surface area contributed by atoms with Crippen LogP contribution in [-0.4, -0.2) is 60.6 Å². The molecule has 21 heavy (non-hydrogen) atoms. The number of hydrogen-bond acceptors (Lipinski definition) is 4. The van der Waals surface area contributed by atoms with Crippen molar-refractivity contribution in [3.63, 3.8) is 0 Å². The second-order valence-corrected chi connectivity index (χ2v) is 6.49. The molecule has 116 valence electrons. The maximum absolute atomic E-state index is 4.25. The molecule has 0 radical (unpaired) electrons. The largest absolute Gasteiger partial charge is 0.317 e. The molecular formula is C17H28N4. The quantitative estimate of drug-likeness (QED) is 0.915. The molecular weight excluding hydrogens is 260 g/mol. The summed E-state index contributed by atoms with van der Waals surface area (Å²) in [4.78, 5) is 9.51. The summed E-state index contributed by atoms with van der Waals surface area (Å²) in [5.41, 5.74) is 1.34. The van der Waals surface area contributed by atoms with Gasteiger partial charge in [0.15, 0.2) is 0 Å². The Bertz CT molecular complexity index is 408. The summed E-state index contributed by atoms with van der Waals surface area (Å²) in [5.74, 6) is 0.911. The zero-order chi connectivity index (χ0) is 14.5. The minimum Gasteiger partial charge on any atom is -0.317 e. The van der Waals surface area contributed by atoms with Gasteiger partial charge in [-0.3, -0.25) is 9.88 Å². The van der Waals surface area contributed by atoms with E-state index >= 15 is 0 Å². The maximum atomic E-state index is 4.25. The molecule has 1 aromatic rings. The van der Waals surface area contributed by atoms with Crippen LogP contribution < -0.4 is 5.32 Å². The van der Waals surface area contributed by atoms with Gasteiger partial charge in [-0.05, 0) is 50.4 Å². The van der Waals surface area contributed by atoms with Gasteiger partial charge in [-0.25, -0.2) is 0 Å². The van der Waals surface area contributed by atoms with Crippen molar-refractivity contribution in [3.8, 4) is 0 Å². The molecule has 1 atom stereocenters. The number of hydrogen-bond donors (Lipinski definition) is 1. The first-order valence-electron chi connectivity index (χ1n) is 8.40. The molecule has 3 rings (SSSR count). The van der Waals surface area contributed by atoms with Crippen LogP contribution in [0.25, 0.3) is 0 Å². The van der Waals surface area contributed by atoms with Crippen LogP contribution in [0.15, 0.2) is 24.5 Å². The predicted molar refractivity (Wildman–Crippen MR) is 86.3 cm³/mol. The number of pyridine rings is 1. The van der Waals surface area contributed by atoms with E-state index in [-0.39, 0.29) is 0 Å². The second kappa shape index (κ2) is 7.34. The molecule has 1 aromatic heterocycles. The third kappa shape index (κ3) is 4.02. The van der Waals surface area contributed by atoms with Gasteiger partial charge < -0.3 is 10.2 Å². The summed E-state index contributed by atoms with van der Waals surface area (Å²) < 4.78 is 0. The predicted octanol–water partition coefficient (Wildman–Crippen LogP) is 1.76. The van der Waals surface area contributed by atoms with Gasteiger partial charge in [0, 0.05) is 51.2 Å². The normalized spacial score (nSPS) is 24.0. The first-order chi connectivity index (χ1) is 10.3. The first kappa shape index (κ1) is 14.9. The van der Waals surface area contributed by atoms with Crippen LogP contribution >= 0.6 is 0 Å². The van der Waals surface area contributed by atoms with E-state index in [4.69, 9.17) is 0 Å². The van der Waals surface area contributed by atoms with E-state index in [1.54, 1.807) is 0 Å². The Morgan fingerprint density at radius 1 is 1.24 bits per heavy atom. The van der Waals surface area contributed by atoms with E-state index in [9.17, 15) is 0 Å². The van der Waals surface area contributed by atoms with Crippen LogP contribution in [0.4, 0.5) is 0 Å². The van der Waals surface area contributed by atoms with Crippen molar-refractivity contribution in [2.75, 3.05) is 45.8 Å². The third-order valence-electron chi connectivity index (χ3n) is 5.10. The molecule has 1 N–H and O–H groups in total. The van der Waals surface area contributed by atoms with Crippen LogP contribution in [0.2, 0.25) is 0 Å². The van der Waals surface area contributed by atoms with Crippen LogP contribution in [0, 0.1) is 5.92 Å². The molecule has 0 aliphatic carbocycles. The molecule has 1 unspecified atom stereocenters. The number of piperazine rings is 1. The van der Waals surface area contributed by atoms with Crippen LogP contribution in [0.1, 0.15) is 31.4 Å². The lowest BCUT2D eigenvalue weighted by atomic mass is 9.97. The van der Waals surface area contributed by atoms with Crippen molar-refractivity contribution in [3.05, 3.63) is 30.1 Å². The van der Waals surface area contributed by atoms with Gasteiger partial charge in [-0.2, -0.15) is 0 Å². The molecule has 4 heteroatoms. The number of piperidine rings is 1. The Morgan fingerprint density at radius 2 is 2.00 bits per heavy atom. The summed E-state index contributed by atoms with van der Waals surface area (Å²) >= 11 is 0. The monoisotopic (exact) mass is 288 g/mol. The summed E-state index contributed by atoms with van der Waals surface area (Å²) in [5, 5.41) is 3.46. The number of rotatable bonds is 4. The van der Waals surface area contributed by atoms with Gasteiger partial charge in [-0.1, -0.05) is 6.07 Å². The molecule has 0 amide bonds. The number of aromatic nitrogens is 1. The van der Waals surface area contributed by atoms with Crippen molar-refractivity contribution in [2.45, 2.75) is 25.8 Å². The zero-order valence-corrected chi connectivity index (χ0v) is 13.2. The minimum atomic E-state index is 0.486. The lowest BCUT2D eigenvalue weighted by Gasteiger charge is -2.39. The van der Waals surface area contributed by atoms with Gasteiger partial charge in [0.05, 0.1) is 0 Å². The Kier molecular flexibility index (Phi) is 5.22. The Hall–Kier alpha value is -0.970. The van der Waals surface area contributed by atoms with Gasteiger partial charge >= 0.3 is 0 Å². The minimum absolute atomic E-state index is 0.486. The van der Waals surface area contributed by atoms with Crippen molar-refractivity contribution in [1.29, 1.82) is 0 Å². The molecule has 3 heterocycles. The average Bonchev–Trinajstić information content (AvgIpc) is 2.57. The second-order valence-electron chi connectivity index (χ2n) is 6.49. The molecule has 4 nitrogen and oxygen atoms in total. The fourth-order valence-electron chi connectivity index (χ4n) is 3.60. The fourth-order valence-corrected chi connectivity index (χ4v) is 3.60. The molecule has 0 aromatic carbocycles. The molecule has 0 bridgehead atoms. The zero-order valence-electron chi connectivity index (χ0n) is 13.2. The van der Waals surface area contributed by atoms with Crippen molar-refractivity contribution in [1.82, 2.24) is 20.1 Å². The number of nitrogens with zero attached hydrogens (tertiary/aromatic N) is 3. The summed E-state index contributed by atoms with van der Waals surface area (Å²) in [6.07, 6.45) is 6.57. The molecule has 0 spiro atoms. The smallest absolute Gasteiger partial charge is 0.0336 e. The van der Waals surface area contributed by atoms with Crippen LogP contribution in [-0.2, 0) is 0 Å². The van der Waals surface area contributed by atoms with E-state index in [0.717, 1.165) is 5.92 Å². The lowest BCUT2D eigenvalue weighted by molar-refractivity contribution is 0.0868. The van der Waals surface area contributed by atoms with Crippen LogP contribution in [0.5, 0.6) is 0 Å². The molecule has 0 saturated carbocycles. The van der Waals surface area contributed by atoms with E-state index in [0.29, 0.717) is 6.04 Å².